The lowest BCUT2D eigenvalue weighted by Crippen LogP contribution is -2.46. The van der Waals surface area contributed by atoms with Gasteiger partial charge in [0, 0.05) is 23.2 Å². The van der Waals surface area contributed by atoms with Gasteiger partial charge in [-0.25, -0.2) is 19.2 Å². The molecule has 0 aliphatic heterocycles. The molecule has 0 aliphatic rings. The second-order valence-corrected chi connectivity index (χ2v) is 11.2. The molecule has 0 spiro atoms. The van der Waals surface area contributed by atoms with Gasteiger partial charge in [-0.15, -0.1) is 0 Å². The number of carbonyl (C=O) groups is 3. The fourth-order valence-corrected chi connectivity index (χ4v) is 4.31. The van der Waals surface area contributed by atoms with Crippen molar-refractivity contribution in [3.63, 3.8) is 0 Å². The van der Waals surface area contributed by atoms with Gasteiger partial charge in [-0.1, -0.05) is 23.7 Å². The minimum atomic E-state index is -1.16. The number of halogens is 2. The lowest BCUT2D eigenvalue weighted by molar-refractivity contribution is -0.137. The number of carboxylic acid groups (broad SMARTS) is 1. The monoisotopic (exact) mass is 623 g/mol. The molecule has 230 valence electrons. The third kappa shape index (κ3) is 9.27. The van der Waals surface area contributed by atoms with Gasteiger partial charge in [0.1, 0.15) is 42.0 Å². The quantitative estimate of drug-likeness (QED) is 0.148. The number of anilines is 3. The van der Waals surface area contributed by atoms with Gasteiger partial charge in [0.05, 0.1) is 10.5 Å². The highest BCUT2D eigenvalue weighted by molar-refractivity contribution is 6.32. The number of carboxylic acids is 1. The molecule has 3 aromatic carbocycles. The number of ether oxygens (including phenoxy) is 2. The van der Waals surface area contributed by atoms with Crippen molar-refractivity contribution in [2.75, 3.05) is 10.6 Å². The summed E-state index contributed by atoms with van der Waals surface area (Å²) in [5, 5.41) is 18.4. The van der Waals surface area contributed by atoms with Gasteiger partial charge >= 0.3 is 12.1 Å². The van der Waals surface area contributed by atoms with Crippen LogP contribution in [0.15, 0.2) is 67.0 Å². The summed E-state index contributed by atoms with van der Waals surface area (Å²) >= 11 is 6.45. The number of fused-ring (bicyclic) bond motifs is 1. The second-order valence-electron chi connectivity index (χ2n) is 10.8. The lowest BCUT2D eigenvalue weighted by atomic mass is 10.1. The van der Waals surface area contributed by atoms with Gasteiger partial charge in [-0.2, -0.15) is 0 Å². The molecule has 4 rings (SSSR count). The van der Waals surface area contributed by atoms with E-state index in [4.69, 9.17) is 26.2 Å². The van der Waals surface area contributed by atoms with Crippen molar-refractivity contribution in [2.24, 2.45) is 0 Å². The van der Waals surface area contributed by atoms with Crippen molar-refractivity contribution >= 4 is 57.7 Å². The van der Waals surface area contributed by atoms with Crippen LogP contribution in [0.2, 0.25) is 5.02 Å². The van der Waals surface area contributed by atoms with E-state index in [1.54, 1.807) is 69.3 Å². The topological polar surface area (TPSA) is 152 Å². The number of nitrogens with one attached hydrogen (secondary N) is 3. The highest BCUT2D eigenvalue weighted by Crippen LogP contribution is 2.31. The Labute approximate surface area is 257 Å². The van der Waals surface area contributed by atoms with Crippen molar-refractivity contribution in [2.45, 2.75) is 51.9 Å². The Morgan fingerprint density at radius 3 is 2.50 bits per heavy atom. The lowest BCUT2D eigenvalue weighted by Gasteiger charge is -2.23. The van der Waals surface area contributed by atoms with Crippen LogP contribution in [0, 0.1) is 5.82 Å². The number of hydrogen-bond donors (Lipinski definition) is 4. The number of aromatic nitrogens is 2. The first-order valence-electron chi connectivity index (χ1n) is 13.6. The molecular weight excluding hydrogens is 593 g/mol. The van der Waals surface area contributed by atoms with Gasteiger partial charge in [-0.3, -0.25) is 9.59 Å². The Morgan fingerprint density at radius 2 is 1.80 bits per heavy atom. The van der Waals surface area contributed by atoms with Crippen LogP contribution in [0.25, 0.3) is 10.9 Å². The highest BCUT2D eigenvalue weighted by Gasteiger charge is 2.25. The predicted molar refractivity (Wildman–Crippen MR) is 164 cm³/mol. The number of carbonyl (C=O) groups excluding carboxylic acids is 2. The molecule has 11 nitrogen and oxygen atoms in total. The zero-order chi connectivity index (χ0) is 31.9. The Balaban J connectivity index is 1.49. The van der Waals surface area contributed by atoms with Crippen LogP contribution in [0.1, 0.15) is 39.2 Å². The Morgan fingerprint density at radius 1 is 1.02 bits per heavy atom. The molecule has 0 unspecified atom stereocenters. The average molecular weight is 624 g/mol. The van der Waals surface area contributed by atoms with Gasteiger partial charge in [-0.05, 0) is 81.3 Å². The maximum absolute atomic E-state index is 13.5. The molecule has 0 bridgehead atoms. The first kappa shape index (κ1) is 32.0. The summed E-state index contributed by atoms with van der Waals surface area (Å²) in [4.78, 5) is 45.2. The molecule has 2 amide bonds. The average Bonchev–Trinajstić information content (AvgIpc) is 2.94. The summed E-state index contributed by atoms with van der Waals surface area (Å²) in [6.07, 6.45) is 0.0517. The van der Waals surface area contributed by atoms with E-state index in [1.807, 2.05) is 0 Å². The van der Waals surface area contributed by atoms with Crippen molar-refractivity contribution < 1.29 is 33.4 Å². The van der Waals surface area contributed by atoms with E-state index < -0.39 is 29.6 Å². The Bertz CT molecular complexity index is 1680. The van der Waals surface area contributed by atoms with Crippen molar-refractivity contribution in [1.82, 2.24) is 15.3 Å². The molecule has 1 heterocycles. The molecule has 4 aromatic rings. The maximum Gasteiger partial charge on any atom is 0.408 e. The molecule has 0 radical (unpaired) electrons. The summed E-state index contributed by atoms with van der Waals surface area (Å²) in [5.74, 6) is -1.25. The van der Waals surface area contributed by atoms with E-state index in [9.17, 15) is 18.8 Å². The van der Waals surface area contributed by atoms with Crippen LogP contribution in [-0.2, 0) is 20.9 Å². The third-order valence-corrected chi connectivity index (χ3v) is 6.33. The summed E-state index contributed by atoms with van der Waals surface area (Å²) in [5.41, 5.74) is 1.40. The first-order chi connectivity index (χ1) is 20.9. The van der Waals surface area contributed by atoms with E-state index in [2.05, 4.69) is 25.9 Å². The normalized spacial score (nSPS) is 11.8. The largest absolute Gasteiger partial charge is 0.487 e. The zero-order valence-electron chi connectivity index (χ0n) is 24.2. The summed E-state index contributed by atoms with van der Waals surface area (Å²) in [7, 11) is 0. The fourth-order valence-electron chi connectivity index (χ4n) is 4.07. The van der Waals surface area contributed by atoms with Crippen LogP contribution in [-0.4, -0.2) is 44.7 Å². The Hall–Kier alpha value is -4.97. The maximum atomic E-state index is 13.5. The first-order valence-corrected chi connectivity index (χ1v) is 13.9. The number of rotatable bonds is 11. The van der Waals surface area contributed by atoms with Gasteiger partial charge in [0.15, 0.2) is 0 Å². The van der Waals surface area contributed by atoms with Crippen LogP contribution in [0.5, 0.6) is 5.75 Å². The number of aliphatic carboxylic acids is 1. The summed E-state index contributed by atoms with van der Waals surface area (Å²) in [6.45, 7) is 5.16. The van der Waals surface area contributed by atoms with E-state index in [0.717, 1.165) is 0 Å². The van der Waals surface area contributed by atoms with Gasteiger partial charge in [0.25, 0.3) is 0 Å². The Kier molecular flexibility index (Phi) is 10.2. The zero-order valence-corrected chi connectivity index (χ0v) is 24.9. The molecule has 1 atom stereocenters. The van der Waals surface area contributed by atoms with Crippen molar-refractivity contribution in [3.05, 3.63) is 83.4 Å². The van der Waals surface area contributed by atoms with Crippen LogP contribution < -0.4 is 20.7 Å². The van der Waals surface area contributed by atoms with Crippen LogP contribution in [0.3, 0.4) is 0 Å². The van der Waals surface area contributed by atoms with E-state index in [-0.39, 0.29) is 25.3 Å². The minimum absolute atomic E-state index is 0.139. The van der Waals surface area contributed by atoms with Gasteiger partial charge in [0.2, 0.25) is 5.91 Å². The number of hydrogen-bond acceptors (Lipinski definition) is 8. The molecule has 0 aliphatic carbocycles. The fraction of sp³-hybridized carbons (Fsp3) is 0.258. The van der Waals surface area contributed by atoms with Crippen molar-refractivity contribution in [3.8, 4) is 5.75 Å². The molecule has 0 fully saturated rings. The molecular formula is C31H31ClFN5O6. The molecule has 0 saturated heterocycles. The molecule has 1 aromatic heterocycles. The minimum Gasteiger partial charge on any atom is -0.487 e. The highest BCUT2D eigenvalue weighted by atomic mass is 35.5. The van der Waals surface area contributed by atoms with Crippen LogP contribution >= 0.6 is 11.6 Å². The van der Waals surface area contributed by atoms with E-state index >= 15 is 0 Å². The smallest absolute Gasteiger partial charge is 0.408 e. The number of amides is 2. The van der Waals surface area contributed by atoms with E-state index in [1.165, 1.54) is 18.5 Å². The number of alkyl carbamates (subject to hydrolysis) is 1. The second kappa shape index (κ2) is 14.0. The standard InChI is InChI=1S/C31H31ClFN5O6/c1-31(2,3)44-30(42)38-25(10-12-27(39)40)29(41)37-20-7-9-24-22(14-20)28(35-17-34-24)36-21-8-11-26(23(32)15-21)43-16-18-5-4-6-19(33)13-18/h4-9,11,13-15,17,25H,10,12,16H2,1-3H3,(H,37,41)(H,38,42)(H,39,40)(H,34,35,36)/t25-/m0/s1. The summed E-state index contributed by atoms with van der Waals surface area (Å²) in [6, 6.07) is 14.9. The van der Waals surface area contributed by atoms with Crippen LogP contribution in [0.4, 0.5) is 26.4 Å². The number of nitrogens with zero attached hydrogens (tertiary/aromatic N) is 2. The SMILES string of the molecule is CC(C)(C)OC(=O)N[C@@H](CCC(=O)O)C(=O)Nc1ccc2ncnc(Nc3ccc(OCc4cccc(F)c4)c(Cl)c3)c2c1. The molecule has 44 heavy (non-hydrogen) atoms. The van der Waals surface area contributed by atoms with Crippen molar-refractivity contribution in [1.29, 1.82) is 0 Å². The van der Waals surface area contributed by atoms with E-state index in [0.29, 0.717) is 44.4 Å². The molecule has 0 saturated carbocycles. The summed E-state index contributed by atoms with van der Waals surface area (Å²) < 4.78 is 24.4. The molecule has 4 N–H and O–H groups in total. The number of benzene rings is 3. The van der Waals surface area contributed by atoms with Gasteiger partial charge < -0.3 is 30.5 Å². The molecule has 13 heteroatoms. The third-order valence-electron chi connectivity index (χ3n) is 6.04. The predicted octanol–water partition coefficient (Wildman–Crippen LogP) is 6.44.